The number of hydroxylamine groups is 1. The molecule has 1 aromatic carbocycles. The number of amides is 1. The highest BCUT2D eigenvalue weighted by molar-refractivity contribution is 5.86. The van der Waals surface area contributed by atoms with Gasteiger partial charge in [-0.25, -0.2) is 0 Å². The molecule has 2 unspecified atom stereocenters. The van der Waals surface area contributed by atoms with Gasteiger partial charge in [-0.15, -0.1) is 0 Å². The van der Waals surface area contributed by atoms with Crippen LogP contribution in [0, 0.1) is 5.41 Å². The number of pyridine rings is 1. The van der Waals surface area contributed by atoms with Crippen LogP contribution in [-0.4, -0.2) is 32.6 Å². The molecular weight excluding hydrogens is 318 g/mol. The van der Waals surface area contributed by atoms with Crippen LogP contribution in [0.15, 0.2) is 42.7 Å². The first kappa shape index (κ1) is 16.2. The second-order valence-electron chi connectivity index (χ2n) is 6.99. The van der Waals surface area contributed by atoms with Gasteiger partial charge in [0.05, 0.1) is 5.41 Å². The quantitative estimate of drug-likeness (QED) is 0.581. The SMILES string of the molecule is O=C1N(Cc2cccnc2)CCC12Cc1cccc(C(O)NO)c1C2. The summed E-state index contributed by atoms with van der Waals surface area (Å²) in [5, 5.41) is 19.0. The second-order valence-corrected chi connectivity index (χ2v) is 6.99. The highest BCUT2D eigenvalue weighted by Crippen LogP contribution is 2.46. The number of likely N-dealkylation sites (tertiary alicyclic amines) is 1. The van der Waals surface area contributed by atoms with Crippen LogP contribution in [0.5, 0.6) is 0 Å². The van der Waals surface area contributed by atoms with Gasteiger partial charge in [-0.3, -0.25) is 9.78 Å². The van der Waals surface area contributed by atoms with E-state index in [1.807, 2.05) is 34.6 Å². The van der Waals surface area contributed by atoms with E-state index in [1.165, 1.54) is 0 Å². The first-order chi connectivity index (χ1) is 12.1. The minimum atomic E-state index is -1.13. The third-order valence-electron chi connectivity index (χ3n) is 5.47. The van der Waals surface area contributed by atoms with Crippen molar-refractivity contribution in [3.63, 3.8) is 0 Å². The molecule has 6 nitrogen and oxygen atoms in total. The molecule has 2 heterocycles. The van der Waals surface area contributed by atoms with Crippen molar-refractivity contribution in [2.75, 3.05) is 6.54 Å². The second kappa shape index (κ2) is 6.22. The number of carbonyl (C=O) groups excluding carboxylic acids is 1. The summed E-state index contributed by atoms with van der Waals surface area (Å²) >= 11 is 0. The summed E-state index contributed by atoms with van der Waals surface area (Å²) in [6.45, 7) is 1.32. The highest BCUT2D eigenvalue weighted by Gasteiger charge is 2.50. The van der Waals surface area contributed by atoms with Gasteiger partial charge in [0.1, 0.15) is 0 Å². The molecule has 6 heteroatoms. The Morgan fingerprint density at radius 1 is 1.28 bits per heavy atom. The van der Waals surface area contributed by atoms with E-state index in [9.17, 15) is 9.90 Å². The molecule has 1 fully saturated rings. The van der Waals surface area contributed by atoms with E-state index < -0.39 is 11.6 Å². The Hall–Kier alpha value is -2.28. The summed E-state index contributed by atoms with van der Waals surface area (Å²) in [6, 6.07) is 9.52. The molecule has 25 heavy (non-hydrogen) atoms. The summed E-state index contributed by atoms with van der Waals surface area (Å²) in [7, 11) is 0. The lowest BCUT2D eigenvalue weighted by Gasteiger charge is -2.23. The Labute approximate surface area is 146 Å². The molecule has 2 atom stereocenters. The number of fused-ring (bicyclic) bond motifs is 1. The van der Waals surface area contributed by atoms with Crippen molar-refractivity contribution < 1.29 is 15.1 Å². The minimum Gasteiger partial charge on any atom is -0.372 e. The van der Waals surface area contributed by atoms with Crippen LogP contribution in [0.4, 0.5) is 0 Å². The van der Waals surface area contributed by atoms with Gasteiger partial charge in [-0.05, 0) is 42.0 Å². The van der Waals surface area contributed by atoms with Gasteiger partial charge >= 0.3 is 0 Å². The number of nitrogens with one attached hydrogen (secondary N) is 1. The number of hydrogen-bond donors (Lipinski definition) is 3. The molecule has 1 spiro atoms. The van der Waals surface area contributed by atoms with Crippen LogP contribution >= 0.6 is 0 Å². The van der Waals surface area contributed by atoms with Crippen LogP contribution in [0.3, 0.4) is 0 Å². The van der Waals surface area contributed by atoms with Crippen LogP contribution in [0.25, 0.3) is 0 Å². The largest absolute Gasteiger partial charge is 0.372 e. The zero-order chi connectivity index (χ0) is 17.4. The lowest BCUT2D eigenvalue weighted by molar-refractivity contribution is -0.136. The van der Waals surface area contributed by atoms with Gasteiger partial charge in [0.2, 0.25) is 5.91 Å². The van der Waals surface area contributed by atoms with E-state index >= 15 is 0 Å². The van der Waals surface area contributed by atoms with Crippen LogP contribution in [-0.2, 0) is 24.2 Å². The zero-order valence-electron chi connectivity index (χ0n) is 13.9. The van der Waals surface area contributed by atoms with Crippen LogP contribution in [0.1, 0.15) is 34.9 Å². The Balaban J connectivity index is 1.57. The van der Waals surface area contributed by atoms with Gasteiger partial charge in [-0.2, -0.15) is 5.48 Å². The maximum absolute atomic E-state index is 13.1. The molecule has 1 aliphatic carbocycles. The monoisotopic (exact) mass is 339 g/mol. The average Bonchev–Trinajstić information content (AvgIpc) is 3.17. The topological polar surface area (TPSA) is 85.7 Å². The van der Waals surface area contributed by atoms with Crippen molar-refractivity contribution in [2.24, 2.45) is 5.41 Å². The fraction of sp³-hybridized carbons (Fsp3) is 0.368. The molecule has 0 saturated carbocycles. The number of rotatable bonds is 4. The first-order valence-corrected chi connectivity index (χ1v) is 8.50. The van der Waals surface area contributed by atoms with E-state index in [-0.39, 0.29) is 5.91 Å². The van der Waals surface area contributed by atoms with Crippen molar-refractivity contribution in [1.82, 2.24) is 15.4 Å². The van der Waals surface area contributed by atoms with Crippen molar-refractivity contribution >= 4 is 5.91 Å². The summed E-state index contributed by atoms with van der Waals surface area (Å²) in [5.41, 5.74) is 5.22. The van der Waals surface area contributed by atoms with Gasteiger partial charge in [0.15, 0.2) is 6.23 Å². The van der Waals surface area contributed by atoms with E-state index in [4.69, 9.17) is 5.21 Å². The predicted octanol–water partition coefficient (Wildman–Crippen LogP) is 1.57. The highest BCUT2D eigenvalue weighted by atomic mass is 16.5. The maximum atomic E-state index is 13.1. The molecule has 2 aliphatic rings. The van der Waals surface area contributed by atoms with Crippen LogP contribution < -0.4 is 5.48 Å². The van der Waals surface area contributed by atoms with Gasteiger partial charge < -0.3 is 15.2 Å². The minimum absolute atomic E-state index is 0.171. The van der Waals surface area contributed by atoms with Gasteiger partial charge in [0, 0.05) is 31.0 Å². The smallest absolute Gasteiger partial charge is 0.229 e. The summed E-state index contributed by atoms with van der Waals surface area (Å²) in [5.74, 6) is 0.171. The molecule has 0 radical (unpaired) electrons. The van der Waals surface area contributed by atoms with Crippen molar-refractivity contribution in [3.05, 3.63) is 65.0 Å². The molecule has 2 aromatic rings. The van der Waals surface area contributed by atoms with Gasteiger partial charge in [0.25, 0.3) is 0 Å². The summed E-state index contributed by atoms with van der Waals surface area (Å²) in [6.07, 6.45) is 4.50. The summed E-state index contributed by atoms with van der Waals surface area (Å²) in [4.78, 5) is 19.2. The molecule has 3 N–H and O–H groups in total. The first-order valence-electron chi connectivity index (χ1n) is 8.50. The molecule has 130 valence electrons. The standard InChI is InChI=1S/C19H21N3O3/c23-17(21-25)15-5-1-4-14-9-19(10-16(14)15)6-8-22(18(19)24)12-13-3-2-7-20-11-13/h1-5,7,11,17,21,23,25H,6,8-10,12H2. The molecule has 1 amide bonds. The predicted molar refractivity (Wildman–Crippen MR) is 90.4 cm³/mol. The van der Waals surface area contributed by atoms with E-state index in [0.29, 0.717) is 24.9 Å². The van der Waals surface area contributed by atoms with E-state index in [2.05, 4.69) is 4.98 Å². The third-order valence-corrected chi connectivity index (χ3v) is 5.47. The summed E-state index contributed by atoms with van der Waals surface area (Å²) < 4.78 is 0. The average molecular weight is 339 g/mol. The Morgan fingerprint density at radius 3 is 2.92 bits per heavy atom. The Morgan fingerprint density at radius 2 is 2.16 bits per heavy atom. The van der Waals surface area contributed by atoms with E-state index in [1.54, 1.807) is 18.5 Å². The fourth-order valence-electron chi connectivity index (χ4n) is 4.21. The lowest BCUT2D eigenvalue weighted by Crippen LogP contribution is -2.35. The van der Waals surface area contributed by atoms with Crippen molar-refractivity contribution in [3.8, 4) is 0 Å². The number of carbonyl (C=O) groups is 1. The Bertz CT molecular complexity index is 796. The fourth-order valence-corrected chi connectivity index (χ4v) is 4.21. The normalized spacial score (nSPS) is 23.3. The van der Waals surface area contributed by atoms with Crippen molar-refractivity contribution in [2.45, 2.75) is 32.0 Å². The number of nitrogens with zero attached hydrogens (tertiary/aromatic N) is 2. The number of aromatic nitrogens is 1. The lowest BCUT2D eigenvalue weighted by atomic mass is 9.83. The van der Waals surface area contributed by atoms with Crippen molar-refractivity contribution in [1.29, 1.82) is 0 Å². The number of benzene rings is 1. The third kappa shape index (κ3) is 2.72. The molecule has 0 bridgehead atoms. The zero-order valence-corrected chi connectivity index (χ0v) is 13.9. The molecule has 1 aromatic heterocycles. The molecule has 1 saturated heterocycles. The molecular formula is C19H21N3O3. The number of aliphatic hydroxyl groups is 1. The van der Waals surface area contributed by atoms with E-state index in [0.717, 1.165) is 29.7 Å². The molecule has 1 aliphatic heterocycles. The van der Waals surface area contributed by atoms with Gasteiger partial charge in [-0.1, -0.05) is 24.3 Å². The maximum Gasteiger partial charge on any atom is 0.229 e. The number of aliphatic hydroxyl groups excluding tert-OH is 1. The number of hydrogen-bond acceptors (Lipinski definition) is 5. The van der Waals surface area contributed by atoms with Crippen LogP contribution in [0.2, 0.25) is 0 Å². The molecule has 4 rings (SSSR count). The Kier molecular flexibility index (Phi) is 4.03.